The molecule has 8 nitrogen and oxygen atoms in total. The Hall–Kier alpha value is -3.47. The fourth-order valence-corrected chi connectivity index (χ4v) is 5.06. The van der Waals surface area contributed by atoms with Crippen LogP contribution in [-0.2, 0) is 22.1 Å². The van der Waals surface area contributed by atoms with Gasteiger partial charge in [-0.05, 0) is 36.0 Å². The van der Waals surface area contributed by atoms with E-state index in [-0.39, 0.29) is 24.6 Å². The van der Waals surface area contributed by atoms with E-state index in [0.29, 0.717) is 16.3 Å². The van der Waals surface area contributed by atoms with Crippen LogP contribution in [0.3, 0.4) is 0 Å². The second-order valence-electron chi connectivity index (χ2n) is 6.80. The molecule has 0 atom stereocenters. The Balaban J connectivity index is 1.88. The predicted molar refractivity (Wildman–Crippen MR) is 113 cm³/mol. The van der Waals surface area contributed by atoms with E-state index < -0.39 is 24.2 Å². The molecule has 3 aromatic rings. The Morgan fingerprint density at radius 3 is 1.61 bits per heavy atom. The number of para-hydroxylation sites is 2. The number of nitro groups is 2. The lowest BCUT2D eigenvalue weighted by molar-refractivity contribution is -0.385. The summed E-state index contributed by atoms with van der Waals surface area (Å²) in [5.41, 5.74) is 0.554. The highest BCUT2D eigenvalue weighted by Gasteiger charge is 2.36. The number of hydrogen-bond acceptors (Lipinski definition) is 6. The Morgan fingerprint density at radius 2 is 1.19 bits per heavy atom. The third-order valence-corrected chi connectivity index (χ3v) is 7.52. The molecular formula is C21H19FN2O6Si. The number of nitrogens with zero attached hydrogens (tertiary/aromatic N) is 2. The van der Waals surface area contributed by atoms with Crippen LogP contribution in [0.25, 0.3) is 0 Å². The fraction of sp³-hybridized carbons (Fsp3) is 0.143. The van der Waals surface area contributed by atoms with Crippen molar-refractivity contribution in [2.24, 2.45) is 0 Å². The van der Waals surface area contributed by atoms with Crippen LogP contribution in [0.4, 0.5) is 15.8 Å². The van der Waals surface area contributed by atoms with Crippen molar-refractivity contribution in [2.75, 3.05) is 0 Å². The third kappa shape index (κ3) is 5.37. The van der Waals surface area contributed by atoms with Gasteiger partial charge in [-0.2, -0.15) is 0 Å². The quantitative estimate of drug-likeness (QED) is 0.277. The molecule has 0 radical (unpaired) electrons. The summed E-state index contributed by atoms with van der Waals surface area (Å²) in [6.07, 6.45) is 0. The van der Waals surface area contributed by atoms with Crippen LogP contribution in [0.15, 0.2) is 72.8 Å². The summed E-state index contributed by atoms with van der Waals surface area (Å²) in [7, 11) is -3.24. The minimum absolute atomic E-state index is 0.0864. The lowest BCUT2D eigenvalue weighted by Crippen LogP contribution is -2.50. The average molecular weight is 442 g/mol. The van der Waals surface area contributed by atoms with Gasteiger partial charge in [-0.15, -0.1) is 0 Å². The lowest BCUT2D eigenvalue weighted by Gasteiger charge is -2.27. The lowest BCUT2D eigenvalue weighted by atomic mass is 10.2. The number of rotatable bonds is 9. The van der Waals surface area contributed by atoms with E-state index >= 15 is 0 Å². The van der Waals surface area contributed by atoms with Crippen molar-refractivity contribution in [2.45, 2.75) is 19.8 Å². The first-order valence-electron chi connectivity index (χ1n) is 9.29. The fourth-order valence-electron chi connectivity index (χ4n) is 3.01. The minimum Gasteiger partial charge on any atom is -0.386 e. The molecule has 0 heterocycles. The normalized spacial score (nSPS) is 11.3. The van der Waals surface area contributed by atoms with Crippen LogP contribution < -0.4 is 5.19 Å². The van der Waals surface area contributed by atoms with Crippen molar-refractivity contribution >= 4 is 25.1 Å². The standard InChI is InChI=1S/C21H19FN2O6Si/c1-31(19-12-10-18(22)11-13-19,29-14-16-6-2-4-8-20(16)23(25)26)30-15-17-7-3-5-9-21(17)24(27)28/h2-13H,14-15H2,1H3. The van der Waals surface area contributed by atoms with E-state index in [4.69, 9.17) is 8.85 Å². The Labute approximate surface area is 178 Å². The molecular weight excluding hydrogens is 423 g/mol. The molecule has 0 aliphatic carbocycles. The molecule has 0 unspecified atom stereocenters. The highest BCUT2D eigenvalue weighted by molar-refractivity contribution is 6.79. The van der Waals surface area contributed by atoms with Gasteiger partial charge in [0, 0.05) is 12.1 Å². The van der Waals surface area contributed by atoms with E-state index in [9.17, 15) is 24.6 Å². The average Bonchev–Trinajstić information content (AvgIpc) is 2.77. The Kier molecular flexibility index (Phi) is 6.85. The van der Waals surface area contributed by atoms with Gasteiger partial charge in [0.1, 0.15) is 5.82 Å². The molecule has 0 saturated carbocycles. The highest BCUT2D eigenvalue weighted by atomic mass is 28.4. The molecule has 10 heteroatoms. The van der Waals surface area contributed by atoms with Gasteiger partial charge < -0.3 is 8.85 Å². The summed E-state index contributed by atoms with van der Waals surface area (Å²) in [5, 5.41) is 23.2. The SMILES string of the molecule is C[Si](OCc1ccccc1[N+](=O)[O-])(OCc1ccccc1[N+](=O)[O-])c1ccc(F)cc1. The van der Waals surface area contributed by atoms with Crippen molar-refractivity contribution < 1.29 is 23.1 Å². The minimum atomic E-state index is -3.24. The number of nitro benzene ring substituents is 2. The van der Waals surface area contributed by atoms with Gasteiger partial charge in [-0.25, -0.2) is 4.39 Å². The van der Waals surface area contributed by atoms with Crippen LogP contribution in [0.1, 0.15) is 11.1 Å². The summed E-state index contributed by atoms with van der Waals surface area (Å²) in [6, 6.07) is 18.0. The Morgan fingerprint density at radius 1 is 0.774 bits per heavy atom. The maximum Gasteiger partial charge on any atom is 0.369 e. The zero-order chi connectivity index (χ0) is 22.4. The largest absolute Gasteiger partial charge is 0.386 e. The number of benzene rings is 3. The van der Waals surface area contributed by atoms with Crippen molar-refractivity contribution in [3.63, 3.8) is 0 Å². The van der Waals surface area contributed by atoms with E-state index in [1.165, 1.54) is 36.4 Å². The highest BCUT2D eigenvalue weighted by Crippen LogP contribution is 2.24. The molecule has 0 amide bonds. The first-order valence-corrected chi connectivity index (χ1v) is 11.6. The van der Waals surface area contributed by atoms with Gasteiger partial charge >= 0.3 is 8.56 Å². The zero-order valence-electron chi connectivity index (χ0n) is 16.6. The van der Waals surface area contributed by atoms with E-state index in [0.717, 1.165) is 0 Å². The number of hydrogen-bond donors (Lipinski definition) is 0. The van der Waals surface area contributed by atoms with Crippen molar-refractivity contribution in [3.05, 3.63) is 110 Å². The molecule has 0 bridgehead atoms. The van der Waals surface area contributed by atoms with Gasteiger partial charge in [0.05, 0.1) is 34.2 Å². The van der Waals surface area contributed by atoms with Crippen molar-refractivity contribution in [1.29, 1.82) is 0 Å². The molecule has 0 N–H and O–H groups in total. The van der Waals surface area contributed by atoms with E-state index in [1.54, 1.807) is 42.9 Å². The first kappa shape index (κ1) is 22.2. The maximum atomic E-state index is 13.4. The molecule has 0 aliphatic rings. The van der Waals surface area contributed by atoms with Crippen LogP contribution in [-0.4, -0.2) is 18.4 Å². The van der Waals surface area contributed by atoms with Gasteiger partial charge in [0.15, 0.2) is 0 Å². The smallest absolute Gasteiger partial charge is 0.369 e. The van der Waals surface area contributed by atoms with Crippen LogP contribution in [0.2, 0.25) is 6.55 Å². The summed E-state index contributed by atoms with van der Waals surface area (Å²) < 4.78 is 25.6. The van der Waals surface area contributed by atoms with Gasteiger partial charge in [-0.3, -0.25) is 20.2 Å². The summed E-state index contributed by atoms with van der Waals surface area (Å²) >= 11 is 0. The second kappa shape index (κ2) is 9.56. The third-order valence-electron chi connectivity index (χ3n) is 4.75. The van der Waals surface area contributed by atoms with Gasteiger partial charge in [-0.1, -0.05) is 36.4 Å². The maximum absolute atomic E-state index is 13.4. The van der Waals surface area contributed by atoms with Gasteiger partial charge in [0.25, 0.3) is 11.4 Å². The van der Waals surface area contributed by atoms with E-state index in [1.807, 2.05) is 0 Å². The molecule has 160 valence electrons. The molecule has 0 saturated heterocycles. The summed E-state index contributed by atoms with van der Waals surface area (Å²) in [5.74, 6) is -0.433. The monoisotopic (exact) mass is 442 g/mol. The van der Waals surface area contributed by atoms with Crippen LogP contribution in [0, 0.1) is 26.0 Å². The zero-order valence-corrected chi connectivity index (χ0v) is 17.6. The predicted octanol–water partition coefficient (Wildman–Crippen LogP) is 4.35. The molecule has 3 aromatic carbocycles. The van der Waals surface area contributed by atoms with Crippen LogP contribution >= 0.6 is 0 Å². The molecule has 0 aliphatic heterocycles. The van der Waals surface area contributed by atoms with Gasteiger partial charge in [0.2, 0.25) is 0 Å². The molecule has 0 aromatic heterocycles. The molecule has 0 fully saturated rings. The van der Waals surface area contributed by atoms with E-state index in [2.05, 4.69) is 0 Å². The molecule has 0 spiro atoms. The van der Waals surface area contributed by atoms with Crippen molar-refractivity contribution in [1.82, 2.24) is 0 Å². The summed E-state index contributed by atoms with van der Waals surface area (Å²) in [6.45, 7) is 1.51. The second-order valence-corrected chi connectivity index (χ2v) is 9.85. The van der Waals surface area contributed by atoms with Crippen LogP contribution in [0.5, 0.6) is 0 Å². The summed E-state index contributed by atoms with van der Waals surface area (Å²) in [4.78, 5) is 21.6. The number of halogens is 1. The molecule has 31 heavy (non-hydrogen) atoms. The molecule has 3 rings (SSSR count). The van der Waals surface area contributed by atoms with Crippen molar-refractivity contribution in [3.8, 4) is 0 Å². The topological polar surface area (TPSA) is 105 Å². The first-order chi connectivity index (χ1) is 14.8. The Bertz CT molecular complexity index is 1030.